The number of nitrogens with one attached hydrogen (secondary N) is 1. The smallest absolute Gasteiger partial charge is 0.369 e. The predicted molar refractivity (Wildman–Crippen MR) is 66.0 cm³/mol. The van der Waals surface area contributed by atoms with Crippen LogP contribution < -0.4 is 10.2 Å². The van der Waals surface area contributed by atoms with Crippen LogP contribution in [0.25, 0.3) is 0 Å². The molecule has 0 spiro atoms. The zero-order chi connectivity index (χ0) is 13.2. The van der Waals surface area contributed by atoms with Crippen molar-refractivity contribution >= 4 is 5.69 Å². The van der Waals surface area contributed by atoms with E-state index in [2.05, 4.69) is 10.2 Å². The van der Waals surface area contributed by atoms with Crippen molar-refractivity contribution in [1.82, 2.24) is 5.32 Å². The average molecular weight is 258 g/mol. The monoisotopic (exact) mass is 258 g/mol. The number of alkyl halides is 3. The summed E-state index contributed by atoms with van der Waals surface area (Å²) in [6, 6.07) is 6.72. The molecule has 1 atom stereocenters. The summed E-state index contributed by atoms with van der Waals surface area (Å²) in [6.07, 6.45) is -4.17. The van der Waals surface area contributed by atoms with Crippen LogP contribution in [0, 0.1) is 0 Å². The van der Waals surface area contributed by atoms with Crippen LogP contribution in [-0.2, 0) is 0 Å². The molecule has 1 aromatic carbocycles. The third-order valence-electron chi connectivity index (χ3n) is 3.37. The molecule has 1 N–H and O–H groups in total. The van der Waals surface area contributed by atoms with Crippen LogP contribution in [0.5, 0.6) is 0 Å². The molecular formula is C13H17F3N2. The summed E-state index contributed by atoms with van der Waals surface area (Å²) in [6.45, 7) is 4.82. The summed E-state index contributed by atoms with van der Waals surface area (Å²) in [5.74, 6) is -1.41. The Balaban J connectivity index is 2.09. The van der Waals surface area contributed by atoms with E-state index in [1.165, 1.54) is 6.92 Å². The Hall–Kier alpha value is -1.23. The van der Waals surface area contributed by atoms with Gasteiger partial charge in [-0.05, 0) is 24.6 Å². The Bertz CT molecular complexity index is 380. The van der Waals surface area contributed by atoms with Crippen LogP contribution in [0.4, 0.5) is 18.9 Å². The normalized spacial score (nSPS) is 18.8. The molecule has 1 aliphatic rings. The number of hydrogen-bond donors (Lipinski definition) is 1. The fourth-order valence-electron chi connectivity index (χ4n) is 2.09. The average Bonchev–Trinajstić information content (AvgIpc) is 2.38. The molecule has 5 heteroatoms. The molecule has 0 radical (unpaired) electrons. The van der Waals surface area contributed by atoms with Gasteiger partial charge in [-0.15, -0.1) is 0 Å². The lowest BCUT2D eigenvalue weighted by molar-refractivity contribution is -0.146. The molecule has 1 aromatic rings. The summed E-state index contributed by atoms with van der Waals surface area (Å²) in [7, 11) is 0. The Morgan fingerprint density at radius 2 is 1.67 bits per heavy atom. The van der Waals surface area contributed by atoms with Crippen molar-refractivity contribution in [2.24, 2.45) is 0 Å². The van der Waals surface area contributed by atoms with Gasteiger partial charge in [0.05, 0.1) is 5.92 Å². The standard InChI is InChI=1S/C13H17F3N2/c1-10(13(14,15)16)11-2-4-12(5-3-11)18-8-6-17-7-9-18/h2-5,10,17H,6-9H2,1H3. The lowest BCUT2D eigenvalue weighted by atomic mass is 10.0. The first kappa shape index (κ1) is 13.2. The molecule has 18 heavy (non-hydrogen) atoms. The van der Waals surface area contributed by atoms with Gasteiger partial charge < -0.3 is 10.2 Å². The third-order valence-corrected chi connectivity index (χ3v) is 3.37. The predicted octanol–water partition coefficient (Wildman–Crippen LogP) is 2.76. The van der Waals surface area contributed by atoms with E-state index < -0.39 is 12.1 Å². The molecule has 2 rings (SSSR count). The molecule has 1 saturated heterocycles. The molecule has 100 valence electrons. The van der Waals surface area contributed by atoms with Gasteiger partial charge >= 0.3 is 6.18 Å². The molecule has 1 aliphatic heterocycles. The van der Waals surface area contributed by atoms with Crippen LogP contribution in [0.15, 0.2) is 24.3 Å². The van der Waals surface area contributed by atoms with E-state index in [1.54, 1.807) is 24.3 Å². The summed E-state index contributed by atoms with van der Waals surface area (Å²) in [5, 5.41) is 3.24. The number of rotatable bonds is 2. The maximum Gasteiger partial charge on any atom is 0.395 e. The van der Waals surface area contributed by atoms with Gasteiger partial charge in [0.1, 0.15) is 0 Å². The number of nitrogens with zero attached hydrogens (tertiary/aromatic N) is 1. The van der Waals surface area contributed by atoms with Crippen molar-refractivity contribution in [3.8, 4) is 0 Å². The van der Waals surface area contributed by atoms with Gasteiger partial charge in [-0.1, -0.05) is 12.1 Å². The lowest BCUT2D eigenvalue weighted by Gasteiger charge is -2.29. The number of anilines is 1. The SMILES string of the molecule is CC(c1ccc(N2CCNCC2)cc1)C(F)(F)F. The molecule has 1 heterocycles. The van der Waals surface area contributed by atoms with Crippen LogP contribution in [0.1, 0.15) is 18.4 Å². The van der Waals surface area contributed by atoms with Gasteiger partial charge in [-0.3, -0.25) is 0 Å². The first-order chi connectivity index (χ1) is 8.48. The number of benzene rings is 1. The summed E-state index contributed by atoms with van der Waals surface area (Å²) in [5.41, 5.74) is 1.32. The van der Waals surface area contributed by atoms with Gasteiger partial charge in [0.2, 0.25) is 0 Å². The third kappa shape index (κ3) is 2.96. The minimum absolute atomic E-state index is 0.321. The van der Waals surface area contributed by atoms with E-state index in [0.29, 0.717) is 5.56 Å². The van der Waals surface area contributed by atoms with Crippen molar-refractivity contribution < 1.29 is 13.2 Å². The van der Waals surface area contributed by atoms with Crippen molar-refractivity contribution in [2.45, 2.75) is 19.0 Å². The topological polar surface area (TPSA) is 15.3 Å². The quantitative estimate of drug-likeness (QED) is 0.877. The molecule has 0 bridgehead atoms. The lowest BCUT2D eigenvalue weighted by Crippen LogP contribution is -2.43. The van der Waals surface area contributed by atoms with E-state index in [9.17, 15) is 13.2 Å². The highest BCUT2D eigenvalue weighted by Crippen LogP contribution is 2.34. The Kier molecular flexibility index (Phi) is 3.80. The maximum absolute atomic E-state index is 12.6. The highest BCUT2D eigenvalue weighted by Gasteiger charge is 2.36. The fraction of sp³-hybridized carbons (Fsp3) is 0.538. The van der Waals surface area contributed by atoms with Crippen molar-refractivity contribution in [2.75, 3.05) is 31.1 Å². The fourth-order valence-corrected chi connectivity index (χ4v) is 2.09. The maximum atomic E-state index is 12.6. The van der Waals surface area contributed by atoms with E-state index >= 15 is 0 Å². The number of piperazine rings is 1. The van der Waals surface area contributed by atoms with Crippen molar-refractivity contribution in [3.05, 3.63) is 29.8 Å². The summed E-state index contributed by atoms with van der Waals surface area (Å²) < 4.78 is 37.7. The van der Waals surface area contributed by atoms with Crippen LogP contribution in [0.3, 0.4) is 0 Å². The second kappa shape index (κ2) is 5.18. The molecule has 1 fully saturated rings. The van der Waals surface area contributed by atoms with Gasteiger partial charge in [0, 0.05) is 31.9 Å². The van der Waals surface area contributed by atoms with Crippen LogP contribution in [-0.4, -0.2) is 32.4 Å². The van der Waals surface area contributed by atoms with E-state index in [1.807, 2.05) is 0 Å². The summed E-state index contributed by atoms with van der Waals surface area (Å²) >= 11 is 0. The molecule has 0 aliphatic carbocycles. The van der Waals surface area contributed by atoms with Crippen LogP contribution >= 0.6 is 0 Å². The Morgan fingerprint density at radius 1 is 1.11 bits per heavy atom. The number of halogens is 3. The minimum Gasteiger partial charge on any atom is -0.369 e. The highest BCUT2D eigenvalue weighted by atomic mass is 19.4. The number of hydrogen-bond acceptors (Lipinski definition) is 2. The first-order valence-corrected chi connectivity index (χ1v) is 6.11. The zero-order valence-corrected chi connectivity index (χ0v) is 10.3. The van der Waals surface area contributed by atoms with Crippen molar-refractivity contribution in [3.63, 3.8) is 0 Å². The Labute approximate surface area is 105 Å². The second-order valence-electron chi connectivity index (χ2n) is 4.59. The van der Waals surface area contributed by atoms with E-state index in [4.69, 9.17) is 0 Å². The molecule has 0 aromatic heterocycles. The van der Waals surface area contributed by atoms with Gasteiger partial charge in [-0.2, -0.15) is 13.2 Å². The van der Waals surface area contributed by atoms with E-state index in [-0.39, 0.29) is 0 Å². The van der Waals surface area contributed by atoms with Gasteiger partial charge in [-0.25, -0.2) is 0 Å². The first-order valence-electron chi connectivity index (χ1n) is 6.11. The van der Waals surface area contributed by atoms with Gasteiger partial charge in [0.25, 0.3) is 0 Å². The van der Waals surface area contributed by atoms with Gasteiger partial charge in [0.15, 0.2) is 0 Å². The minimum atomic E-state index is -4.17. The zero-order valence-electron chi connectivity index (χ0n) is 10.3. The highest BCUT2D eigenvalue weighted by molar-refractivity contribution is 5.48. The molecular weight excluding hydrogens is 241 g/mol. The molecule has 0 saturated carbocycles. The van der Waals surface area contributed by atoms with E-state index in [0.717, 1.165) is 31.9 Å². The molecule has 2 nitrogen and oxygen atoms in total. The van der Waals surface area contributed by atoms with Crippen molar-refractivity contribution in [1.29, 1.82) is 0 Å². The Morgan fingerprint density at radius 3 is 2.17 bits per heavy atom. The summed E-state index contributed by atoms with van der Waals surface area (Å²) in [4.78, 5) is 2.18. The largest absolute Gasteiger partial charge is 0.395 e. The van der Waals surface area contributed by atoms with Crippen LogP contribution in [0.2, 0.25) is 0 Å². The molecule has 1 unspecified atom stereocenters. The second-order valence-corrected chi connectivity index (χ2v) is 4.59. The molecule has 0 amide bonds.